The van der Waals surface area contributed by atoms with Gasteiger partial charge in [-0.05, 0) is 29.7 Å². The van der Waals surface area contributed by atoms with E-state index in [1.807, 2.05) is 0 Å². The fraction of sp³-hybridized carbons (Fsp3) is 0.478. The first-order valence-electron chi connectivity index (χ1n) is 10.0. The van der Waals surface area contributed by atoms with Crippen LogP contribution in [0.1, 0.15) is 42.5 Å². The van der Waals surface area contributed by atoms with Crippen LogP contribution in [-0.2, 0) is 17.8 Å². The SMILES string of the molecule is CCCC(NCc1ccc(OC)c(CN2CCOCC2)c1)c1ccccc1.Cl.Cl. The van der Waals surface area contributed by atoms with Crippen LogP contribution in [0.4, 0.5) is 0 Å². The van der Waals surface area contributed by atoms with Crippen LogP contribution < -0.4 is 10.1 Å². The number of morpholine rings is 1. The maximum absolute atomic E-state index is 5.60. The first-order valence-corrected chi connectivity index (χ1v) is 10.0. The number of benzene rings is 2. The molecular weight excluding hydrogens is 407 g/mol. The topological polar surface area (TPSA) is 33.7 Å². The number of nitrogens with one attached hydrogen (secondary N) is 1. The van der Waals surface area contributed by atoms with E-state index in [0.29, 0.717) is 6.04 Å². The lowest BCUT2D eigenvalue weighted by molar-refractivity contribution is 0.0339. The summed E-state index contributed by atoms with van der Waals surface area (Å²) in [6, 6.07) is 17.7. The third-order valence-corrected chi connectivity index (χ3v) is 5.17. The maximum Gasteiger partial charge on any atom is 0.123 e. The van der Waals surface area contributed by atoms with Gasteiger partial charge in [0, 0.05) is 37.8 Å². The summed E-state index contributed by atoms with van der Waals surface area (Å²) in [6.45, 7) is 7.62. The Hall–Kier alpha value is -1.30. The second kappa shape index (κ2) is 13.8. The molecule has 29 heavy (non-hydrogen) atoms. The number of hydrogen-bond donors (Lipinski definition) is 1. The molecule has 2 aromatic carbocycles. The third-order valence-electron chi connectivity index (χ3n) is 5.17. The van der Waals surface area contributed by atoms with Gasteiger partial charge in [0.1, 0.15) is 5.75 Å². The molecule has 0 spiro atoms. The van der Waals surface area contributed by atoms with Crippen molar-refractivity contribution >= 4 is 24.8 Å². The van der Waals surface area contributed by atoms with E-state index in [4.69, 9.17) is 9.47 Å². The average Bonchev–Trinajstić information content (AvgIpc) is 2.73. The maximum atomic E-state index is 5.60. The lowest BCUT2D eigenvalue weighted by Crippen LogP contribution is -2.35. The molecular formula is C23H34Cl2N2O2. The molecule has 0 saturated carbocycles. The van der Waals surface area contributed by atoms with Gasteiger partial charge in [0.05, 0.1) is 20.3 Å². The molecule has 0 aliphatic carbocycles. The largest absolute Gasteiger partial charge is 0.496 e. The van der Waals surface area contributed by atoms with E-state index < -0.39 is 0 Å². The summed E-state index contributed by atoms with van der Waals surface area (Å²) >= 11 is 0. The van der Waals surface area contributed by atoms with E-state index in [-0.39, 0.29) is 24.8 Å². The van der Waals surface area contributed by atoms with E-state index in [1.54, 1.807) is 7.11 Å². The van der Waals surface area contributed by atoms with Crippen molar-refractivity contribution in [2.24, 2.45) is 0 Å². The van der Waals surface area contributed by atoms with E-state index in [0.717, 1.165) is 58.0 Å². The molecule has 1 heterocycles. The molecule has 2 aromatic rings. The minimum atomic E-state index is 0. The van der Waals surface area contributed by atoms with Gasteiger partial charge in [0.15, 0.2) is 0 Å². The smallest absolute Gasteiger partial charge is 0.123 e. The van der Waals surface area contributed by atoms with E-state index in [9.17, 15) is 0 Å². The third kappa shape index (κ3) is 7.80. The molecule has 0 bridgehead atoms. The highest BCUT2D eigenvalue weighted by molar-refractivity contribution is 5.85. The molecule has 3 rings (SSSR count). The Bertz CT molecular complexity index is 695. The van der Waals surface area contributed by atoms with Crippen LogP contribution in [0.5, 0.6) is 5.75 Å². The van der Waals surface area contributed by atoms with E-state index in [2.05, 4.69) is 65.7 Å². The highest BCUT2D eigenvalue weighted by atomic mass is 35.5. The summed E-state index contributed by atoms with van der Waals surface area (Å²) < 4.78 is 11.1. The van der Waals surface area contributed by atoms with Crippen molar-refractivity contribution in [3.63, 3.8) is 0 Å². The predicted octanol–water partition coefficient (Wildman–Crippen LogP) is 5.00. The minimum absolute atomic E-state index is 0. The summed E-state index contributed by atoms with van der Waals surface area (Å²) in [4.78, 5) is 2.43. The molecule has 4 nitrogen and oxygen atoms in total. The Morgan fingerprint density at radius 2 is 1.79 bits per heavy atom. The molecule has 6 heteroatoms. The van der Waals surface area contributed by atoms with Crippen LogP contribution in [0.3, 0.4) is 0 Å². The van der Waals surface area contributed by atoms with Gasteiger partial charge in [-0.1, -0.05) is 49.7 Å². The Kier molecular flexibility index (Phi) is 12.3. The van der Waals surface area contributed by atoms with Gasteiger partial charge in [-0.15, -0.1) is 24.8 Å². The lowest BCUT2D eigenvalue weighted by atomic mass is 10.0. The molecule has 162 valence electrons. The summed E-state index contributed by atoms with van der Waals surface area (Å²) in [6.07, 6.45) is 2.30. The number of ether oxygens (including phenoxy) is 2. The summed E-state index contributed by atoms with van der Waals surface area (Å²) in [7, 11) is 1.75. The fourth-order valence-electron chi connectivity index (χ4n) is 3.67. The molecule has 1 aliphatic heterocycles. The number of rotatable bonds is 9. The second-order valence-corrected chi connectivity index (χ2v) is 7.17. The van der Waals surface area contributed by atoms with Crippen molar-refractivity contribution in [1.29, 1.82) is 0 Å². The number of halogens is 2. The van der Waals surface area contributed by atoms with Crippen molar-refractivity contribution in [3.05, 3.63) is 65.2 Å². The zero-order valence-corrected chi connectivity index (χ0v) is 19.1. The van der Waals surface area contributed by atoms with Gasteiger partial charge in [-0.3, -0.25) is 4.90 Å². The first kappa shape index (κ1) is 25.7. The Labute approximate surface area is 187 Å². The predicted molar refractivity (Wildman–Crippen MR) is 125 cm³/mol. The quantitative estimate of drug-likeness (QED) is 0.594. The average molecular weight is 441 g/mol. The monoisotopic (exact) mass is 440 g/mol. The van der Waals surface area contributed by atoms with Crippen molar-refractivity contribution in [1.82, 2.24) is 10.2 Å². The fourth-order valence-corrected chi connectivity index (χ4v) is 3.67. The van der Waals surface area contributed by atoms with Crippen molar-refractivity contribution in [2.45, 2.75) is 38.9 Å². The van der Waals surface area contributed by atoms with Crippen LogP contribution in [0.2, 0.25) is 0 Å². The van der Waals surface area contributed by atoms with Crippen LogP contribution in [0, 0.1) is 0 Å². The van der Waals surface area contributed by atoms with E-state index >= 15 is 0 Å². The number of methoxy groups -OCH3 is 1. The Morgan fingerprint density at radius 3 is 2.45 bits per heavy atom. The molecule has 1 N–H and O–H groups in total. The molecule has 0 amide bonds. The van der Waals surface area contributed by atoms with Crippen LogP contribution in [0.25, 0.3) is 0 Å². The summed E-state index contributed by atoms with van der Waals surface area (Å²) in [5.41, 5.74) is 3.92. The molecule has 1 saturated heterocycles. The number of hydrogen-bond acceptors (Lipinski definition) is 4. The van der Waals surface area contributed by atoms with Crippen LogP contribution in [-0.4, -0.2) is 38.3 Å². The second-order valence-electron chi connectivity index (χ2n) is 7.17. The van der Waals surface area contributed by atoms with Crippen molar-refractivity contribution in [3.8, 4) is 5.75 Å². The normalized spacial score (nSPS) is 15.1. The summed E-state index contributed by atoms with van der Waals surface area (Å²) in [5, 5.41) is 3.75. The first-order chi connectivity index (χ1) is 13.3. The van der Waals surface area contributed by atoms with Gasteiger partial charge >= 0.3 is 0 Å². The Balaban J connectivity index is 0.00000210. The Morgan fingerprint density at radius 1 is 1.07 bits per heavy atom. The highest BCUT2D eigenvalue weighted by Crippen LogP contribution is 2.24. The molecule has 1 aliphatic rings. The van der Waals surface area contributed by atoms with Crippen LogP contribution in [0.15, 0.2) is 48.5 Å². The van der Waals surface area contributed by atoms with Gasteiger partial charge in [0.2, 0.25) is 0 Å². The van der Waals surface area contributed by atoms with Gasteiger partial charge in [0.25, 0.3) is 0 Å². The minimum Gasteiger partial charge on any atom is -0.496 e. The lowest BCUT2D eigenvalue weighted by Gasteiger charge is -2.27. The van der Waals surface area contributed by atoms with Crippen molar-refractivity contribution in [2.75, 3.05) is 33.4 Å². The summed E-state index contributed by atoms with van der Waals surface area (Å²) in [5.74, 6) is 0.971. The van der Waals surface area contributed by atoms with Crippen LogP contribution >= 0.6 is 24.8 Å². The van der Waals surface area contributed by atoms with Gasteiger partial charge in [-0.2, -0.15) is 0 Å². The number of nitrogens with zero attached hydrogens (tertiary/aromatic N) is 1. The molecule has 1 unspecified atom stereocenters. The molecule has 1 atom stereocenters. The van der Waals surface area contributed by atoms with Gasteiger partial charge in [-0.25, -0.2) is 0 Å². The highest BCUT2D eigenvalue weighted by Gasteiger charge is 2.15. The molecule has 0 radical (unpaired) electrons. The zero-order chi connectivity index (χ0) is 18.9. The zero-order valence-electron chi connectivity index (χ0n) is 17.4. The van der Waals surface area contributed by atoms with Crippen molar-refractivity contribution < 1.29 is 9.47 Å². The molecule has 1 fully saturated rings. The van der Waals surface area contributed by atoms with Gasteiger partial charge < -0.3 is 14.8 Å². The standard InChI is InChI=1S/C23H32N2O2.2ClH/c1-3-7-22(20-8-5-4-6-9-20)24-17-19-10-11-23(26-2)21(16-19)18-25-12-14-27-15-13-25;;/h4-6,8-11,16,22,24H,3,7,12-15,17-18H2,1-2H3;2*1H. The van der Waals surface area contributed by atoms with E-state index in [1.165, 1.54) is 16.7 Å². The molecule has 0 aromatic heterocycles.